The number of hydrogen-bond donors (Lipinski definition) is 2. The molecule has 0 atom stereocenters. The van der Waals surface area contributed by atoms with Crippen LogP contribution in [0.5, 0.6) is 0 Å². The van der Waals surface area contributed by atoms with Gasteiger partial charge in [0, 0.05) is 6.04 Å². The largest absolute Gasteiger partial charge is 0.388 e. The molecule has 1 aliphatic carbocycles. The van der Waals surface area contributed by atoms with E-state index < -0.39 is 0 Å². The molecule has 5 heteroatoms. The highest BCUT2D eigenvalue weighted by molar-refractivity contribution is 7.80. The van der Waals surface area contributed by atoms with E-state index >= 15 is 0 Å². The van der Waals surface area contributed by atoms with E-state index in [0.717, 1.165) is 18.7 Å². The second-order valence-electron chi connectivity index (χ2n) is 7.41. The molecule has 0 radical (unpaired) electrons. The molecule has 0 aliphatic heterocycles. The summed E-state index contributed by atoms with van der Waals surface area (Å²) in [5.74, 6) is 0.795. The zero-order valence-electron chi connectivity index (χ0n) is 12.7. The van der Waals surface area contributed by atoms with Crippen LogP contribution in [0, 0.1) is 10.8 Å². The van der Waals surface area contributed by atoms with Crippen LogP contribution >= 0.6 is 12.2 Å². The van der Waals surface area contributed by atoms with E-state index in [1.165, 1.54) is 6.42 Å². The van der Waals surface area contributed by atoms with Crippen LogP contribution in [0.1, 0.15) is 52.7 Å². The second kappa shape index (κ2) is 5.28. The standard InChI is InChI=1S/C15H24N4S/c1-14(2)5-10(6-15(3,4)9-14)19-12-8-17-11(7-18-12)13(16)20/h7-8,10H,5-6,9H2,1-4H3,(H2,16,20)(H,18,19). The van der Waals surface area contributed by atoms with Gasteiger partial charge in [-0.2, -0.15) is 0 Å². The maximum absolute atomic E-state index is 5.53. The third-order valence-corrected chi connectivity index (χ3v) is 4.02. The Bertz CT molecular complexity index is 477. The van der Waals surface area contributed by atoms with E-state index in [4.69, 9.17) is 18.0 Å². The van der Waals surface area contributed by atoms with Crippen molar-refractivity contribution in [2.75, 3.05) is 5.32 Å². The van der Waals surface area contributed by atoms with Gasteiger partial charge in [-0.15, -0.1) is 0 Å². The van der Waals surface area contributed by atoms with Crippen molar-refractivity contribution in [1.82, 2.24) is 9.97 Å². The third kappa shape index (κ3) is 3.88. The Balaban J connectivity index is 2.07. The van der Waals surface area contributed by atoms with Gasteiger partial charge in [0.1, 0.15) is 16.5 Å². The predicted molar refractivity (Wildman–Crippen MR) is 86.7 cm³/mol. The highest BCUT2D eigenvalue weighted by Crippen LogP contribution is 2.46. The quantitative estimate of drug-likeness (QED) is 0.838. The van der Waals surface area contributed by atoms with Crippen molar-refractivity contribution in [2.24, 2.45) is 16.6 Å². The average molecular weight is 292 g/mol. The van der Waals surface area contributed by atoms with Crippen molar-refractivity contribution >= 4 is 23.0 Å². The lowest BCUT2D eigenvalue weighted by Crippen LogP contribution is -2.40. The van der Waals surface area contributed by atoms with Gasteiger partial charge >= 0.3 is 0 Å². The number of thiocarbonyl (C=S) groups is 1. The van der Waals surface area contributed by atoms with Crippen LogP contribution in [-0.4, -0.2) is 21.0 Å². The minimum atomic E-state index is 0.281. The fourth-order valence-electron chi connectivity index (χ4n) is 3.69. The third-order valence-electron chi connectivity index (χ3n) is 3.81. The summed E-state index contributed by atoms with van der Waals surface area (Å²) in [6.07, 6.45) is 6.89. The topological polar surface area (TPSA) is 63.8 Å². The van der Waals surface area contributed by atoms with Crippen molar-refractivity contribution in [3.63, 3.8) is 0 Å². The lowest BCUT2D eigenvalue weighted by atomic mass is 9.63. The summed E-state index contributed by atoms with van der Waals surface area (Å²) in [5, 5.41) is 3.50. The van der Waals surface area contributed by atoms with E-state index in [9.17, 15) is 0 Å². The molecule has 1 aliphatic rings. The molecule has 1 saturated carbocycles. The average Bonchev–Trinajstić information content (AvgIpc) is 2.25. The van der Waals surface area contributed by atoms with Crippen molar-refractivity contribution in [2.45, 2.75) is 53.0 Å². The van der Waals surface area contributed by atoms with Crippen LogP contribution in [0.2, 0.25) is 0 Å². The molecule has 4 nitrogen and oxygen atoms in total. The minimum Gasteiger partial charge on any atom is -0.388 e. The van der Waals surface area contributed by atoms with Gasteiger partial charge in [0.2, 0.25) is 0 Å². The van der Waals surface area contributed by atoms with Crippen LogP contribution in [-0.2, 0) is 0 Å². The second-order valence-corrected chi connectivity index (χ2v) is 7.85. The summed E-state index contributed by atoms with van der Waals surface area (Å²) in [6.45, 7) is 9.35. The molecule has 0 saturated heterocycles. The van der Waals surface area contributed by atoms with Gasteiger partial charge in [0.25, 0.3) is 0 Å². The molecule has 1 aromatic rings. The molecule has 0 aromatic carbocycles. The lowest BCUT2D eigenvalue weighted by molar-refractivity contribution is 0.105. The SMILES string of the molecule is CC1(C)CC(Nc2cnc(C(N)=S)cn2)CC(C)(C)C1. The van der Waals surface area contributed by atoms with Crippen molar-refractivity contribution in [3.8, 4) is 0 Å². The van der Waals surface area contributed by atoms with Crippen LogP contribution in [0.25, 0.3) is 0 Å². The molecule has 20 heavy (non-hydrogen) atoms. The molecule has 3 N–H and O–H groups in total. The number of anilines is 1. The highest BCUT2D eigenvalue weighted by Gasteiger charge is 2.38. The van der Waals surface area contributed by atoms with E-state index in [0.29, 0.717) is 22.6 Å². The summed E-state index contributed by atoms with van der Waals surface area (Å²) >= 11 is 4.88. The van der Waals surface area contributed by atoms with Gasteiger partial charge in [-0.3, -0.25) is 0 Å². The summed E-state index contributed by atoms with van der Waals surface area (Å²) in [4.78, 5) is 8.86. The first-order chi connectivity index (χ1) is 9.17. The van der Waals surface area contributed by atoms with Gasteiger partial charge in [-0.25, -0.2) is 9.97 Å². The molecular weight excluding hydrogens is 268 g/mol. The number of aromatic nitrogens is 2. The van der Waals surface area contributed by atoms with Crippen LogP contribution in [0.15, 0.2) is 12.4 Å². The first-order valence-corrected chi connectivity index (χ1v) is 7.46. The molecule has 0 amide bonds. The monoisotopic (exact) mass is 292 g/mol. The Hall–Kier alpha value is -1.23. The molecule has 1 aromatic heterocycles. The maximum atomic E-state index is 5.53. The molecule has 0 spiro atoms. The summed E-state index contributed by atoms with van der Waals surface area (Å²) < 4.78 is 0. The van der Waals surface area contributed by atoms with Crippen molar-refractivity contribution < 1.29 is 0 Å². The van der Waals surface area contributed by atoms with E-state index in [1.807, 2.05) is 0 Å². The molecule has 1 heterocycles. The van der Waals surface area contributed by atoms with Crippen LogP contribution in [0.3, 0.4) is 0 Å². The van der Waals surface area contributed by atoms with E-state index in [-0.39, 0.29) is 4.99 Å². The Morgan fingerprint density at radius 3 is 2.25 bits per heavy atom. The fourth-order valence-corrected chi connectivity index (χ4v) is 3.79. The molecule has 2 rings (SSSR count). The van der Waals surface area contributed by atoms with Gasteiger partial charge in [-0.05, 0) is 30.1 Å². The number of nitrogens with one attached hydrogen (secondary N) is 1. The molecule has 1 fully saturated rings. The number of nitrogens with zero attached hydrogens (tertiary/aromatic N) is 2. The van der Waals surface area contributed by atoms with E-state index in [1.54, 1.807) is 12.4 Å². The summed E-state index contributed by atoms with van der Waals surface area (Å²) in [7, 11) is 0. The first-order valence-electron chi connectivity index (χ1n) is 7.05. The van der Waals surface area contributed by atoms with Crippen LogP contribution < -0.4 is 11.1 Å². The molecule has 0 unspecified atom stereocenters. The lowest BCUT2D eigenvalue weighted by Gasteiger charge is -2.45. The number of rotatable bonds is 3. The molecule has 0 bridgehead atoms. The minimum absolute atomic E-state index is 0.281. The zero-order valence-corrected chi connectivity index (χ0v) is 13.5. The predicted octanol–water partition coefficient (Wildman–Crippen LogP) is 3.13. The van der Waals surface area contributed by atoms with Crippen LogP contribution in [0.4, 0.5) is 5.82 Å². The molecular formula is C15H24N4S. The van der Waals surface area contributed by atoms with Crippen molar-refractivity contribution in [1.29, 1.82) is 0 Å². The smallest absolute Gasteiger partial charge is 0.144 e. The zero-order chi connectivity index (χ0) is 15.0. The Labute approximate surface area is 126 Å². The summed E-state index contributed by atoms with van der Waals surface area (Å²) in [6, 6.07) is 0.429. The van der Waals surface area contributed by atoms with Gasteiger partial charge < -0.3 is 11.1 Å². The van der Waals surface area contributed by atoms with Gasteiger partial charge in [-0.1, -0.05) is 39.9 Å². The van der Waals surface area contributed by atoms with Crippen molar-refractivity contribution in [3.05, 3.63) is 18.1 Å². The molecule has 110 valence electrons. The maximum Gasteiger partial charge on any atom is 0.144 e. The van der Waals surface area contributed by atoms with E-state index in [2.05, 4.69) is 43.0 Å². The number of nitrogens with two attached hydrogens (primary N) is 1. The fraction of sp³-hybridized carbons (Fsp3) is 0.667. The van der Waals surface area contributed by atoms with Gasteiger partial charge in [0.15, 0.2) is 0 Å². The summed E-state index contributed by atoms with van der Waals surface area (Å²) in [5.41, 5.74) is 6.80. The highest BCUT2D eigenvalue weighted by atomic mass is 32.1. The first kappa shape index (κ1) is 15.2. The Kier molecular flexibility index (Phi) is 4.00. The Morgan fingerprint density at radius 2 is 1.80 bits per heavy atom. The Morgan fingerprint density at radius 1 is 1.20 bits per heavy atom. The normalized spacial score (nSPS) is 21.4. The van der Waals surface area contributed by atoms with Gasteiger partial charge in [0.05, 0.1) is 12.4 Å². The number of hydrogen-bond acceptors (Lipinski definition) is 4.